The Morgan fingerprint density at radius 3 is 2.58 bits per heavy atom. The van der Waals surface area contributed by atoms with Crippen molar-refractivity contribution < 1.29 is 39.2 Å². The average Bonchev–Trinajstić information content (AvgIpc) is 2.73. The molecule has 1 aliphatic heterocycles. The molecule has 31 heavy (non-hydrogen) atoms. The molecule has 2 rings (SSSR count). The van der Waals surface area contributed by atoms with E-state index < -0.39 is 30.1 Å². The summed E-state index contributed by atoms with van der Waals surface area (Å²) < 4.78 is 10.9. The van der Waals surface area contributed by atoms with Crippen LogP contribution in [0.25, 0.3) is 6.08 Å². The largest absolute Gasteiger partial charge is 0.507 e. The zero-order chi connectivity index (χ0) is 23.1. The molecule has 0 spiro atoms. The predicted octanol–water partition coefficient (Wildman–Crippen LogP) is 2.20. The highest BCUT2D eigenvalue weighted by atomic mass is 16.5. The lowest BCUT2D eigenvalue weighted by atomic mass is 9.99. The third-order valence-corrected chi connectivity index (χ3v) is 5.05. The average molecular weight is 432 g/mol. The van der Waals surface area contributed by atoms with Gasteiger partial charge < -0.3 is 24.8 Å². The molecule has 3 N–H and O–H groups in total. The molecule has 1 aliphatic rings. The summed E-state index contributed by atoms with van der Waals surface area (Å²) >= 11 is 0. The standard InChI is InChI=1S/C23H28O8/c1-4-16(24)12-30-17-10-15-6-5-7-18(25)22(28)19(26)9-8-13(2)14(3)31-23(29)21(15)20(27)11-17/h5-6,8-11,13-14,18,22,25,27-28H,4,7,12H2,1-3H3/b6-5+,9-8-/t13-,14+,18+,22+/m1/s1. The van der Waals surface area contributed by atoms with Crippen LogP contribution in [0, 0.1) is 5.92 Å². The Hall–Kier alpha value is -2.97. The quantitative estimate of drug-likeness (QED) is 0.617. The summed E-state index contributed by atoms with van der Waals surface area (Å²) in [6.45, 7) is 4.87. The van der Waals surface area contributed by atoms with Gasteiger partial charge in [0.05, 0.1) is 6.10 Å². The van der Waals surface area contributed by atoms with Crippen molar-refractivity contribution in [3.05, 3.63) is 41.5 Å². The van der Waals surface area contributed by atoms with Gasteiger partial charge in [0.2, 0.25) is 0 Å². The van der Waals surface area contributed by atoms with Crippen molar-refractivity contribution in [1.82, 2.24) is 0 Å². The van der Waals surface area contributed by atoms with Crippen LogP contribution < -0.4 is 4.74 Å². The molecule has 8 nitrogen and oxygen atoms in total. The van der Waals surface area contributed by atoms with E-state index in [1.54, 1.807) is 20.8 Å². The highest BCUT2D eigenvalue weighted by Crippen LogP contribution is 2.31. The van der Waals surface area contributed by atoms with Gasteiger partial charge in [-0.2, -0.15) is 0 Å². The number of ketones is 2. The minimum absolute atomic E-state index is 0.0820. The molecular formula is C23H28O8. The van der Waals surface area contributed by atoms with E-state index in [2.05, 4.69) is 0 Å². The number of carbonyl (C=O) groups is 3. The van der Waals surface area contributed by atoms with E-state index in [4.69, 9.17) is 9.47 Å². The van der Waals surface area contributed by atoms with Crippen LogP contribution in [-0.4, -0.2) is 57.8 Å². The second kappa shape index (κ2) is 10.9. The van der Waals surface area contributed by atoms with Crippen LogP contribution in [-0.2, 0) is 14.3 Å². The van der Waals surface area contributed by atoms with Crippen molar-refractivity contribution in [2.45, 2.75) is 51.9 Å². The molecule has 0 amide bonds. The summed E-state index contributed by atoms with van der Waals surface area (Å²) in [5.74, 6) is -2.14. The molecule has 0 unspecified atom stereocenters. The van der Waals surface area contributed by atoms with Crippen LogP contribution in [0.4, 0.5) is 0 Å². The van der Waals surface area contributed by atoms with Crippen molar-refractivity contribution in [3.8, 4) is 11.5 Å². The molecule has 8 heteroatoms. The van der Waals surface area contributed by atoms with E-state index in [-0.39, 0.29) is 47.4 Å². The fraction of sp³-hybridized carbons (Fsp3) is 0.435. The maximum absolute atomic E-state index is 12.8. The third-order valence-electron chi connectivity index (χ3n) is 5.05. The number of aliphatic hydroxyl groups is 2. The van der Waals surface area contributed by atoms with Gasteiger partial charge in [-0.1, -0.05) is 32.1 Å². The minimum atomic E-state index is -1.60. The Labute approximate surface area is 180 Å². The van der Waals surface area contributed by atoms with Gasteiger partial charge in [-0.25, -0.2) is 4.79 Å². The van der Waals surface area contributed by atoms with Gasteiger partial charge in [0.25, 0.3) is 0 Å². The Morgan fingerprint density at radius 1 is 1.19 bits per heavy atom. The molecule has 0 fully saturated rings. The number of cyclic esters (lactones) is 1. The van der Waals surface area contributed by atoms with E-state index in [0.29, 0.717) is 6.42 Å². The molecule has 0 saturated carbocycles. The first-order chi connectivity index (χ1) is 14.6. The number of hydrogen-bond donors (Lipinski definition) is 3. The Kier molecular flexibility index (Phi) is 8.53. The number of esters is 1. The molecule has 168 valence electrons. The minimum Gasteiger partial charge on any atom is -0.507 e. The third kappa shape index (κ3) is 6.50. The summed E-state index contributed by atoms with van der Waals surface area (Å²) in [6.07, 6.45) is 2.16. The van der Waals surface area contributed by atoms with Crippen molar-refractivity contribution in [2.75, 3.05) is 6.61 Å². The van der Waals surface area contributed by atoms with Gasteiger partial charge in [-0.15, -0.1) is 0 Å². The molecule has 0 radical (unpaired) electrons. The van der Waals surface area contributed by atoms with Gasteiger partial charge in [0, 0.05) is 18.4 Å². The van der Waals surface area contributed by atoms with Crippen LogP contribution in [0.15, 0.2) is 30.4 Å². The van der Waals surface area contributed by atoms with Crippen LogP contribution in [0.1, 0.15) is 49.5 Å². The fourth-order valence-corrected chi connectivity index (χ4v) is 2.81. The van der Waals surface area contributed by atoms with Gasteiger partial charge in [0.15, 0.2) is 11.6 Å². The SMILES string of the molecule is CCC(=O)COc1cc(O)c2c(c1)/C=C/C[C@H](O)[C@H](O)C(=O)/C=C\[C@@H](C)[C@H](C)OC2=O. The molecule has 1 heterocycles. The summed E-state index contributed by atoms with van der Waals surface area (Å²) in [6, 6.07) is 2.69. The molecule has 0 bridgehead atoms. The summed E-state index contributed by atoms with van der Waals surface area (Å²) in [7, 11) is 0. The number of phenols is 1. The number of carbonyl (C=O) groups excluding carboxylic acids is 3. The number of Topliss-reactive ketones (excluding diaryl/α,β-unsaturated/α-hetero) is 1. The van der Waals surface area contributed by atoms with Gasteiger partial charge >= 0.3 is 5.97 Å². The summed E-state index contributed by atoms with van der Waals surface area (Å²) in [5, 5.41) is 30.6. The van der Waals surface area contributed by atoms with E-state index >= 15 is 0 Å². The normalized spacial score (nSPS) is 26.9. The number of rotatable bonds is 4. The molecule has 4 atom stereocenters. The number of fused-ring (bicyclic) bond motifs is 1. The molecule has 0 aliphatic carbocycles. The Balaban J connectivity index is 2.45. The van der Waals surface area contributed by atoms with E-state index in [1.807, 2.05) is 0 Å². The zero-order valence-corrected chi connectivity index (χ0v) is 17.8. The molecular weight excluding hydrogens is 404 g/mol. The summed E-state index contributed by atoms with van der Waals surface area (Å²) in [5.41, 5.74) is 0.140. The number of aromatic hydroxyl groups is 1. The van der Waals surface area contributed by atoms with Crippen molar-refractivity contribution in [2.24, 2.45) is 5.92 Å². The lowest BCUT2D eigenvalue weighted by Crippen LogP contribution is -2.32. The van der Waals surface area contributed by atoms with Gasteiger partial charge in [0.1, 0.15) is 35.9 Å². The van der Waals surface area contributed by atoms with Crippen LogP contribution >= 0.6 is 0 Å². The highest BCUT2D eigenvalue weighted by Gasteiger charge is 2.25. The lowest BCUT2D eigenvalue weighted by Gasteiger charge is -2.20. The topological polar surface area (TPSA) is 130 Å². The molecule has 1 aromatic rings. The first kappa shape index (κ1) is 24.3. The number of aliphatic hydroxyl groups excluding tert-OH is 2. The Bertz CT molecular complexity index is 886. The van der Waals surface area contributed by atoms with Crippen molar-refractivity contribution in [1.29, 1.82) is 0 Å². The van der Waals surface area contributed by atoms with Gasteiger partial charge in [-0.05, 0) is 31.1 Å². The second-order valence-corrected chi connectivity index (χ2v) is 7.47. The van der Waals surface area contributed by atoms with Crippen LogP contribution in [0.2, 0.25) is 0 Å². The molecule has 1 aromatic carbocycles. The molecule has 0 saturated heterocycles. The summed E-state index contributed by atoms with van der Waals surface area (Å²) in [4.78, 5) is 36.3. The first-order valence-corrected chi connectivity index (χ1v) is 10.1. The van der Waals surface area contributed by atoms with Crippen LogP contribution in [0.3, 0.4) is 0 Å². The molecule has 0 aromatic heterocycles. The maximum atomic E-state index is 12.8. The van der Waals surface area contributed by atoms with E-state index in [9.17, 15) is 29.7 Å². The number of phenolic OH excluding ortho intramolecular Hbond substituents is 1. The fourth-order valence-electron chi connectivity index (χ4n) is 2.81. The highest BCUT2D eigenvalue weighted by molar-refractivity contribution is 5.97. The Morgan fingerprint density at radius 2 is 1.90 bits per heavy atom. The zero-order valence-electron chi connectivity index (χ0n) is 17.8. The monoisotopic (exact) mass is 432 g/mol. The van der Waals surface area contributed by atoms with Crippen LogP contribution in [0.5, 0.6) is 11.5 Å². The maximum Gasteiger partial charge on any atom is 0.342 e. The lowest BCUT2D eigenvalue weighted by molar-refractivity contribution is -0.127. The predicted molar refractivity (Wildman–Crippen MR) is 113 cm³/mol. The smallest absolute Gasteiger partial charge is 0.342 e. The second-order valence-electron chi connectivity index (χ2n) is 7.47. The van der Waals surface area contributed by atoms with Crippen molar-refractivity contribution >= 4 is 23.6 Å². The van der Waals surface area contributed by atoms with E-state index in [0.717, 1.165) is 6.08 Å². The number of hydrogen-bond acceptors (Lipinski definition) is 8. The first-order valence-electron chi connectivity index (χ1n) is 10.1. The number of benzene rings is 1. The van der Waals surface area contributed by atoms with E-state index in [1.165, 1.54) is 30.4 Å². The van der Waals surface area contributed by atoms with Gasteiger partial charge in [-0.3, -0.25) is 9.59 Å². The number of ether oxygens (including phenoxy) is 2. The van der Waals surface area contributed by atoms with Crippen molar-refractivity contribution in [3.63, 3.8) is 0 Å².